The molecule has 0 saturated heterocycles. The molecule has 20 heavy (non-hydrogen) atoms. The molecule has 2 bridgehead atoms. The van der Waals surface area contributed by atoms with E-state index in [1.165, 1.54) is 25.7 Å². The molecule has 2 aliphatic carbocycles. The second-order valence-corrected chi connectivity index (χ2v) is 6.33. The second kappa shape index (κ2) is 5.47. The predicted octanol–water partition coefficient (Wildman–Crippen LogP) is 2.85. The molecule has 0 aromatic heterocycles. The maximum absolute atomic E-state index is 12.2. The van der Waals surface area contributed by atoms with Gasteiger partial charge in [-0.3, -0.25) is 4.79 Å². The highest BCUT2D eigenvalue weighted by molar-refractivity contribution is 5.79. The van der Waals surface area contributed by atoms with Crippen molar-refractivity contribution in [3.05, 3.63) is 29.3 Å². The zero-order chi connectivity index (χ0) is 14.1. The number of carbonyl (C=O) groups is 1. The Morgan fingerprint density at radius 3 is 2.80 bits per heavy atom. The van der Waals surface area contributed by atoms with E-state index >= 15 is 0 Å². The molecular formula is C17H23NO2. The van der Waals surface area contributed by atoms with Gasteiger partial charge in [0.05, 0.1) is 13.5 Å². The average Bonchev–Trinajstić information content (AvgIpc) is 3.01. The summed E-state index contributed by atoms with van der Waals surface area (Å²) < 4.78 is 5.25. The van der Waals surface area contributed by atoms with Gasteiger partial charge < -0.3 is 10.1 Å². The minimum absolute atomic E-state index is 0.159. The SMILES string of the molecule is COc1ccc(CC(=O)N[C@@H]2C[C@H]3CC[C@@H]2C3)cc1C. The first-order chi connectivity index (χ1) is 9.65. The summed E-state index contributed by atoms with van der Waals surface area (Å²) in [5, 5.41) is 3.24. The van der Waals surface area contributed by atoms with E-state index in [-0.39, 0.29) is 5.91 Å². The predicted molar refractivity (Wildman–Crippen MR) is 78.8 cm³/mol. The quantitative estimate of drug-likeness (QED) is 0.916. The summed E-state index contributed by atoms with van der Waals surface area (Å²) in [5.41, 5.74) is 2.14. The molecule has 2 fully saturated rings. The summed E-state index contributed by atoms with van der Waals surface area (Å²) in [6.07, 6.45) is 5.66. The molecule has 108 valence electrons. The number of aryl methyl sites for hydroxylation is 1. The molecule has 2 aliphatic rings. The van der Waals surface area contributed by atoms with E-state index in [1.807, 2.05) is 25.1 Å². The monoisotopic (exact) mass is 273 g/mol. The lowest BCUT2D eigenvalue weighted by molar-refractivity contribution is -0.121. The number of carbonyl (C=O) groups excluding carboxylic acids is 1. The van der Waals surface area contributed by atoms with E-state index in [4.69, 9.17) is 4.74 Å². The summed E-state index contributed by atoms with van der Waals surface area (Å²) in [7, 11) is 1.67. The highest BCUT2D eigenvalue weighted by Gasteiger charge is 2.39. The Kier molecular flexibility index (Phi) is 3.68. The summed E-state index contributed by atoms with van der Waals surface area (Å²) in [6.45, 7) is 2.01. The van der Waals surface area contributed by atoms with Crippen LogP contribution in [0.2, 0.25) is 0 Å². The first-order valence-electron chi connectivity index (χ1n) is 7.58. The van der Waals surface area contributed by atoms with Gasteiger partial charge in [-0.25, -0.2) is 0 Å². The molecule has 0 aliphatic heterocycles. The summed E-state index contributed by atoms with van der Waals surface area (Å²) in [6, 6.07) is 6.39. The van der Waals surface area contributed by atoms with Crippen LogP contribution in [0.3, 0.4) is 0 Å². The van der Waals surface area contributed by atoms with E-state index in [0.717, 1.165) is 28.7 Å². The van der Waals surface area contributed by atoms with Gasteiger partial charge in [-0.2, -0.15) is 0 Å². The Hall–Kier alpha value is -1.51. The molecule has 3 nitrogen and oxygen atoms in total. The third kappa shape index (κ3) is 2.67. The first-order valence-corrected chi connectivity index (χ1v) is 7.58. The van der Waals surface area contributed by atoms with E-state index in [1.54, 1.807) is 7.11 Å². The Balaban J connectivity index is 1.57. The van der Waals surface area contributed by atoms with E-state index < -0.39 is 0 Å². The molecule has 3 atom stereocenters. The van der Waals surface area contributed by atoms with Crippen molar-refractivity contribution < 1.29 is 9.53 Å². The van der Waals surface area contributed by atoms with Gasteiger partial charge in [0, 0.05) is 6.04 Å². The normalized spacial score (nSPS) is 27.6. The molecule has 0 unspecified atom stereocenters. The van der Waals surface area contributed by atoms with Gasteiger partial charge in [0.1, 0.15) is 5.75 Å². The summed E-state index contributed by atoms with van der Waals surface area (Å²) in [4.78, 5) is 12.2. The molecule has 1 aromatic rings. The Morgan fingerprint density at radius 2 is 2.20 bits per heavy atom. The fourth-order valence-electron chi connectivity index (χ4n) is 3.92. The molecule has 1 aromatic carbocycles. The van der Waals surface area contributed by atoms with Gasteiger partial charge in [0.15, 0.2) is 0 Å². The van der Waals surface area contributed by atoms with Crippen molar-refractivity contribution in [2.45, 2.75) is 45.1 Å². The minimum Gasteiger partial charge on any atom is -0.496 e. The van der Waals surface area contributed by atoms with Gasteiger partial charge in [-0.15, -0.1) is 0 Å². The van der Waals surface area contributed by atoms with Gasteiger partial charge >= 0.3 is 0 Å². The van der Waals surface area contributed by atoms with Crippen LogP contribution in [0.15, 0.2) is 18.2 Å². The van der Waals surface area contributed by atoms with Crippen molar-refractivity contribution in [1.82, 2.24) is 5.32 Å². The number of fused-ring (bicyclic) bond motifs is 2. The van der Waals surface area contributed by atoms with Crippen LogP contribution >= 0.6 is 0 Å². The van der Waals surface area contributed by atoms with E-state index in [2.05, 4.69) is 5.32 Å². The minimum atomic E-state index is 0.159. The van der Waals surface area contributed by atoms with Crippen LogP contribution in [0, 0.1) is 18.8 Å². The van der Waals surface area contributed by atoms with E-state index in [9.17, 15) is 4.79 Å². The first kappa shape index (κ1) is 13.5. The summed E-state index contributed by atoms with van der Waals surface area (Å²) >= 11 is 0. The molecular weight excluding hydrogens is 250 g/mol. The van der Waals surface area contributed by atoms with Gasteiger partial charge in [0.2, 0.25) is 5.91 Å². The van der Waals surface area contributed by atoms with Crippen LogP contribution in [0.1, 0.15) is 36.8 Å². The topological polar surface area (TPSA) is 38.3 Å². The van der Waals surface area contributed by atoms with Crippen LogP contribution in [0.4, 0.5) is 0 Å². The molecule has 0 radical (unpaired) electrons. The van der Waals surface area contributed by atoms with Crippen molar-refractivity contribution in [2.24, 2.45) is 11.8 Å². The van der Waals surface area contributed by atoms with Crippen LogP contribution in [0.5, 0.6) is 5.75 Å². The molecule has 1 N–H and O–H groups in total. The number of hydrogen-bond acceptors (Lipinski definition) is 2. The van der Waals surface area contributed by atoms with Crippen LogP contribution in [-0.4, -0.2) is 19.1 Å². The van der Waals surface area contributed by atoms with Gasteiger partial charge in [0.25, 0.3) is 0 Å². The number of amides is 1. The number of nitrogens with one attached hydrogen (secondary N) is 1. The molecule has 3 heteroatoms. The van der Waals surface area contributed by atoms with Crippen molar-refractivity contribution in [3.8, 4) is 5.75 Å². The van der Waals surface area contributed by atoms with Crippen LogP contribution in [-0.2, 0) is 11.2 Å². The lowest BCUT2D eigenvalue weighted by atomic mass is 9.95. The van der Waals surface area contributed by atoms with E-state index in [0.29, 0.717) is 12.5 Å². The maximum Gasteiger partial charge on any atom is 0.224 e. The number of benzene rings is 1. The number of rotatable bonds is 4. The smallest absolute Gasteiger partial charge is 0.224 e. The van der Waals surface area contributed by atoms with Crippen molar-refractivity contribution >= 4 is 5.91 Å². The molecule has 0 spiro atoms. The Bertz CT molecular complexity index is 512. The standard InChI is InChI=1S/C17H23NO2/c1-11-7-12(4-6-16(11)20-2)10-17(19)18-15-9-13-3-5-14(15)8-13/h4,6-7,13-15H,3,5,8-10H2,1-2H3,(H,18,19)/t13-,14+,15+/m0/s1. The fourth-order valence-corrected chi connectivity index (χ4v) is 3.92. The molecule has 1 amide bonds. The van der Waals surface area contributed by atoms with Crippen LogP contribution in [0.25, 0.3) is 0 Å². The highest BCUT2D eigenvalue weighted by Crippen LogP contribution is 2.44. The number of methoxy groups -OCH3 is 1. The lowest BCUT2D eigenvalue weighted by Gasteiger charge is -2.23. The van der Waals surface area contributed by atoms with Crippen molar-refractivity contribution in [2.75, 3.05) is 7.11 Å². The third-order valence-corrected chi connectivity index (χ3v) is 4.91. The fraction of sp³-hybridized carbons (Fsp3) is 0.588. The summed E-state index contributed by atoms with van der Waals surface area (Å²) in [5.74, 6) is 2.64. The van der Waals surface area contributed by atoms with Gasteiger partial charge in [-0.1, -0.05) is 18.6 Å². The maximum atomic E-state index is 12.2. The van der Waals surface area contributed by atoms with Crippen molar-refractivity contribution in [1.29, 1.82) is 0 Å². The second-order valence-electron chi connectivity index (χ2n) is 6.33. The molecule has 0 heterocycles. The zero-order valence-corrected chi connectivity index (χ0v) is 12.3. The third-order valence-electron chi connectivity index (χ3n) is 4.91. The molecule has 2 saturated carbocycles. The zero-order valence-electron chi connectivity index (χ0n) is 12.3. The van der Waals surface area contributed by atoms with Crippen LogP contribution < -0.4 is 10.1 Å². The average molecular weight is 273 g/mol. The molecule has 3 rings (SSSR count). The highest BCUT2D eigenvalue weighted by atomic mass is 16.5. The van der Waals surface area contributed by atoms with Crippen molar-refractivity contribution in [3.63, 3.8) is 0 Å². The Morgan fingerprint density at radius 1 is 1.35 bits per heavy atom. The Labute approximate surface area is 120 Å². The number of hydrogen-bond donors (Lipinski definition) is 1. The lowest BCUT2D eigenvalue weighted by Crippen LogP contribution is -2.39. The number of ether oxygens (including phenoxy) is 1. The van der Waals surface area contributed by atoms with Gasteiger partial charge in [-0.05, 0) is 55.2 Å². The largest absolute Gasteiger partial charge is 0.496 e.